The number of ether oxygens (including phenoxy) is 1. The molecule has 172 valence electrons. The third-order valence-electron chi connectivity index (χ3n) is 4.48. The molecular formula is C25H27N3O4S. The van der Waals surface area contributed by atoms with Gasteiger partial charge in [0.2, 0.25) is 5.91 Å². The van der Waals surface area contributed by atoms with Crippen LogP contribution >= 0.6 is 11.8 Å². The number of nitrogens with one attached hydrogen (secondary N) is 2. The number of carbonyl (C=O) groups excluding carboxylic acids is 2. The first-order valence-corrected chi connectivity index (χ1v) is 11.6. The summed E-state index contributed by atoms with van der Waals surface area (Å²) in [7, 11) is 0. The van der Waals surface area contributed by atoms with Crippen LogP contribution in [0.5, 0.6) is 5.75 Å². The number of hydrogen-bond acceptors (Lipinski definition) is 6. The van der Waals surface area contributed by atoms with Crippen molar-refractivity contribution in [1.29, 1.82) is 0 Å². The summed E-state index contributed by atoms with van der Waals surface area (Å²) in [6, 6.07) is 17.0. The van der Waals surface area contributed by atoms with Gasteiger partial charge in [-0.15, -0.1) is 11.8 Å². The van der Waals surface area contributed by atoms with Crippen LogP contribution in [0.2, 0.25) is 0 Å². The maximum absolute atomic E-state index is 12.0. The van der Waals surface area contributed by atoms with Gasteiger partial charge in [-0.2, -0.15) is 5.10 Å². The highest BCUT2D eigenvalue weighted by Gasteiger charge is 2.05. The van der Waals surface area contributed by atoms with Crippen LogP contribution < -0.4 is 15.5 Å². The van der Waals surface area contributed by atoms with Crippen molar-refractivity contribution in [2.24, 2.45) is 5.10 Å². The molecule has 0 fully saturated rings. The number of furan rings is 1. The van der Waals surface area contributed by atoms with E-state index in [9.17, 15) is 9.59 Å². The lowest BCUT2D eigenvalue weighted by Crippen LogP contribution is -2.28. The van der Waals surface area contributed by atoms with Crippen molar-refractivity contribution in [3.05, 3.63) is 88.9 Å². The van der Waals surface area contributed by atoms with Crippen LogP contribution in [-0.4, -0.2) is 30.4 Å². The van der Waals surface area contributed by atoms with Gasteiger partial charge in [-0.1, -0.05) is 29.3 Å². The summed E-state index contributed by atoms with van der Waals surface area (Å²) in [5, 5.41) is 6.71. The largest absolute Gasteiger partial charge is 0.484 e. The number of rotatable bonds is 11. The SMILES string of the molecule is Cc1cc(C)cc(CSCC(=O)N/N=C\c2ccc(OCC(=O)NCc3ccco3)cc2)c1. The Balaban J connectivity index is 1.33. The average molecular weight is 466 g/mol. The highest BCUT2D eigenvalue weighted by molar-refractivity contribution is 7.99. The summed E-state index contributed by atoms with van der Waals surface area (Å²) in [6.07, 6.45) is 3.12. The molecule has 3 rings (SSSR count). The van der Waals surface area contributed by atoms with Crippen LogP contribution in [0.4, 0.5) is 0 Å². The molecule has 0 aliphatic heterocycles. The van der Waals surface area contributed by atoms with Gasteiger partial charge < -0.3 is 14.5 Å². The summed E-state index contributed by atoms with van der Waals surface area (Å²) >= 11 is 1.55. The van der Waals surface area contributed by atoms with E-state index < -0.39 is 0 Å². The van der Waals surface area contributed by atoms with E-state index in [1.165, 1.54) is 16.7 Å². The summed E-state index contributed by atoms with van der Waals surface area (Å²) < 4.78 is 10.6. The predicted molar refractivity (Wildman–Crippen MR) is 130 cm³/mol. The van der Waals surface area contributed by atoms with Crippen molar-refractivity contribution in [3.8, 4) is 5.75 Å². The molecule has 0 radical (unpaired) electrons. The third-order valence-corrected chi connectivity index (χ3v) is 5.48. The Labute approximate surface area is 197 Å². The van der Waals surface area contributed by atoms with Crippen molar-refractivity contribution in [2.75, 3.05) is 12.4 Å². The molecule has 0 saturated heterocycles. The van der Waals surface area contributed by atoms with E-state index in [4.69, 9.17) is 9.15 Å². The minimum atomic E-state index is -0.241. The molecule has 0 saturated carbocycles. The number of hydrazone groups is 1. The topological polar surface area (TPSA) is 92.9 Å². The minimum Gasteiger partial charge on any atom is -0.484 e. The minimum absolute atomic E-state index is 0.0933. The summed E-state index contributed by atoms with van der Waals surface area (Å²) in [5.74, 6) is 1.96. The normalized spacial score (nSPS) is 10.8. The van der Waals surface area contributed by atoms with Crippen LogP contribution in [0.1, 0.15) is 28.0 Å². The van der Waals surface area contributed by atoms with E-state index in [-0.39, 0.29) is 18.4 Å². The van der Waals surface area contributed by atoms with Gasteiger partial charge in [0.05, 0.1) is 24.8 Å². The number of hydrogen-bond donors (Lipinski definition) is 2. The molecule has 0 aliphatic carbocycles. The first-order valence-electron chi connectivity index (χ1n) is 10.5. The lowest BCUT2D eigenvalue weighted by atomic mass is 10.1. The number of benzene rings is 2. The second-order valence-electron chi connectivity index (χ2n) is 7.50. The molecular weight excluding hydrogens is 438 g/mol. The molecule has 0 spiro atoms. The van der Waals surface area contributed by atoms with Gasteiger partial charge in [0.1, 0.15) is 11.5 Å². The monoisotopic (exact) mass is 465 g/mol. The van der Waals surface area contributed by atoms with Crippen LogP contribution in [0, 0.1) is 13.8 Å². The van der Waals surface area contributed by atoms with Crippen molar-refractivity contribution < 1.29 is 18.7 Å². The Kier molecular flexibility index (Phi) is 9.14. The van der Waals surface area contributed by atoms with E-state index in [1.54, 1.807) is 60.6 Å². The Morgan fingerprint density at radius 1 is 1.06 bits per heavy atom. The van der Waals surface area contributed by atoms with Gasteiger partial charge in [-0.3, -0.25) is 9.59 Å². The number of amides is 2. The molecule has 33 heavy (non-hydrogen) atoms. The molecule has 3 aromatic rings. The summed E-state index contributed by atoms with van der Waals surface area (Å²) in [5.41, 5.74) is 7.00. The van der Waals surface area contributed by atoms with E-state index >= 15 is 0 Å². The molecule has 2 N–H and O–H groups in total. The quantitative estimate of drug-likeness (QED) is 0.330. The molecule has 0 unspecified atom stereocenters. The van der Waals surface area contributed by atoms with E-state index in [2.05, 4.69) is 47.9 Å². The van der Waals surface area contributed by atoms with Gasteiger partial charge in [-0.05, 0) is 61.4 Å². The maximum atomic E-state index is 12.0. The van der Waals surface area contributed by atoms with Crippen LogP contribution in [0.25, 0.3) is 0 Å². The Hall–Kier alpha value is -3.52. The highest BCUT2D eigenvalue weighted by Crippen LogP contribution is 2.15. The molecule has 1 aromatic heterocycles. The molecule has 7 nitrogen and oxygen atoms in total. The second kappa shape index (κ2) is 12.5. The van der Waals surface area contributed by atoms with E-state index in [1.807, 2.05) is 0 Å². The van der Waals surface area contributed by atoms with Crippen molar-refractivity contribution >= 4 is 29.8 Å². The maximum Gasteiger partial charge on any atom is 0.258 e. The average Bonchev–Trinajstić information content (AvgIpc) is 3.30. The smallest absolute Gasteiger partial charge is 0.258 e. The van der Waals surface area contributed by atoms with Crippen LogP contribution in [-0.2, 0) is 21.9 Å². The number of nitrogens with zero attached hydrogens (tertiary/aromatic N) is 1. The molecule has 2 aromatic carbocycles. The van der Waals surface area contributed by atoms with Gasteiger partial charge in [0.15, 0.2) is 6.61 Å². The predicted octanol–water partition coefficient (Wildman–Crippen LogP) is 3.98. The summed E-state index contributed by atoms with van der Waals surface area (Å²) in [4.78, 5) is 23.8. The first-order chi connectivity index (χ1) is 16.0. The second-order valence-corrected chi connectivity index (χ2v) is 8.48. The van der Waals surface area contributed by atoms with Crippen LogP contribution in [0.3, 0.4) is 0 Å². The molecule has 0 bridgehead atoms. The fraction of sp³-hybridized carbons (Fsp3) is 0.240. The van der Waals surface area contributed by atoms with Crippen molar-refractivity contribution in [2.45, 2.75) is 26.1 Å². The van der Waals surface area contributed by atoms with Crippen LogP contribution in [0.15, 0.2) is 70.4 Å². The zero-order chi connectivity index (χ0) is 23.5. The zero-order valence-corrected chi connectivity index (χ0v) is 19.5. The number of aryl methyl sites for hydroxylation is 2. The fourth-order valence-electron chi connectivity index (χ4n) is 3.07. The lowest BCUT2D eigenvalue weighted by Gasteiger charge is -2.07. The number of thioether (sulfide) groups is 1. The van der Waals surface area contributed by atoms with E-state index in [0.717, 1.165) is 11.3 Å². The Bertz CT molecular complexity index is 1060. The standard InChI is InChI=1S/C25H27N3O4S/c1-18-10-19(2)12-21(11-18)16-33-17-25(30)28-27-13-20-5-7-22(8-6-20)32-15-24(29)26-14-23-4-3-9-31-23/h3-13H,14-17H2,1-2H3,(H,26,29)(H,28,30)/b27-13-. The van der Waals surface area contributed by atoms with E-state index in [0.29, 0.717) is 23.8 Å². The Morgan fingerprint density at radius 3 is 2.52 bits per heavy atom. The number of carbonyl (C=O) groups is 2. The molecule has 2 amide bonds. The van der Waals surface area contributed by atoms with Gasteiger partial charge in [0.25, 0.3) is 5.91 Å². The molecule has 1 heterocycles. The van der Waals surface area contributed by atoms with Gasteiger partial charge in [0, 0.05) is 5.75 Å². The van der Waals surface area contributed by atoms with Gasteiger partial charge >= 0.3 is 0 Å². The third kappa shape index (κ3) is 8.86. The Morgan fingerprint density at radius 2 is 1.82 bits per heavy atom. The molecule has 0 aliphatic rings. The van der Waals surface area contributed by atoms with Crippen molar-refractivity contribution in [3.63, 3.8) is 0 Å². The van der Waals surface area contributed by atoms with Crippen molar-refractivity contribution in [1.82, 2.24) is 10.7 Å². The molecule has 0 atom stereocenters. The van der Waals surface area contributed by atoms with Gasteiger partial charge in [-0.25, -0.2) is 5.43 Å². The zero-order valence-electron chi connectivity index (χ0n) is 18.7. The lowest BCUT2D eigenvalue weighted by molar-refractivity contribution is -0.123. The fourth-order valence-corrected chi connectivity index (χ4v) is 3.83. The highest BCUT2D eigenvalue weighted by atomic mass is 32.2. The summed E-state index contributed by atoms with van der Waals surface area (Å²) in [6.45, 7) is 4.37. The first kappa shape index (κ1) is 24.1. The molecule has 8 heteroatoms.